The molecule has 0 spiro atoms. The molecule has 1 N–H and O–H groups in total. The Kier molecular flexibility index (Phi) is 6.58. The normalized spacial score (nSPS) is 14.7. The zero-order valence-electron chi connectivity index (χ0n) is 19.6. The second-order valence-corrected chi connectivity index (χ2v) is 9.34. The molecular formula is C27H27F4N3O. The number of nitrogens with zero attached hydrogens (tertiary/aromatic N) is 2. The average Bonchev–Trinajstić information content (AvgIpc) is 3.60. The molecule has 184 valence electrons. The van der Waals surface area contributed by atoms with Gasteiger partial charge in [-0.15, -0.1) is 0 Å². The molecule has 0 saturated heterocycles. The number of nitrogens with one attached hydrogen (secondary N) is 1. The van der Waals surface area contributed by atoms with E-state index in [9.17, 15) is 22.4 Å². The predicted molar refractivity (Wildman–Crippen MR) is 125 cm³/mol. The molecule has 1 aliphatic carbocycles. The molecular weight excluding hydrogens is 458 g/mol. The van der Waals surface area contributed by atoms with Gasteiger partial charge in [-0.3, -0.25) is 10.2 Å². The van der Waals surface area contributed by atoms with Crippen LogP contribution in [0.1, 0.15) is 57.8 Å². The van der Waals surface area contributed by atoms with Crippen LogP contribution < -0.4 is 5.62 Å². The van der Waals surface area contributed by atoms with Crippen LogP contribution >= 0.6 is 0 Å². The van der Waals surface area contributed by atoms with Gasteiger partial charge >= 0.3 is 6.18 Å². The smallest absolute Gasteiger partial charge is 0.321 e. The Morgan fingerprint density at radius 1 is 1.14 bits per heavy atom. The quantitative estimate of drug-likeness (QED) is 0.302. The number of ketones is 1. The van der Waals surface area contributed by atoms with E-state index in [-0.39, 0.29) is 47.2 Å². The Morgan fingerprint density at radius 2 is 1.83 bits per heavy atom. The molecule has 1 saturated carbocycles. The van der Waals surface area contributed by atoms with Crippen molar-refractivity contribution in [3.05, 3.63) is 94.6 Å². The number of imidazole rings is 1. The fraction of sp³-hybridized carbons (Fsp3) is 0.333. The number of halogens is 4. The molecule has 35 heavy (non-hydrogen) atoms. The molecule has 2 aromatic carbocycles. The van der Waals surface area contributed by atoms with E-state index >= 15 is 0 Å². The zero-order chi connectivity index (χ0) is 25.5. The second kappa shape index (κ2) is 9.32. The molecule has 0 bridgehead atoms. The number of hydrogen-bond donors (Lipinski definition) is 1. The number of aryl methyl sites for hydroxylation is 2. The Labute approximate surface area is 201 Å². The van der Waals surface area contributed by atoms with Crippen LogP contribution in [0.3, 0.4) is 0 Å². The highest BCUT2D eigenvalue weighted by molar-refractivity contribution is 5.97. The average molecular weight is 486 g/mol. The first-order valence-electron chi connectivity index (χ1n) is 11.4. The largest absolute Gasteiger partial charge is 0.416 e. The third kappa shape index (κ3) is 5.47. The Morgan fingerprint density at radius 3 is 2.40 bits per heavy atom. The van der Waals surface area contributed by atoms with Crippen LogP contribution in [-0.2, 0) is 13.6 Å². The maximum absolute atomic E-state index is 13.8. The van der Waals surface area contributed by atoms with Crippen molar-refractivity contribution in [2.45, 2.75) is 44.8 Å². The first-order chi connectivity index (χ1) is 16.4. The molecule has 0 amide bonds. The van der Waals surface area contributed by atoms with E-state index in [0.29, 0.717) is 17.0 Å². The number of hydrogen-bond acceptors (Lipinski definition) is 2. The minimum absolute atomic E-state index is 0.122. The van der Waals surface area contributed by atoms with Crippen LogP contribution in [0.2, 0.25) is 0 Å². The van der Waals surface area contributed by atoms with Crippen LogP contribution in [-0.4, -0.2) is 21.1 Å². The lowest BCUT2D eigenvalue weighted by Crippen LogP contribution is -2.23. The number of carbonyl (C=O) groups is 1. The molecule has 4 rings (SSSR count). The SMILES string of the molecule is C=C(c1cc(Cn2ccn(C)c2=N)cc(C(=O)C[C@H](c2ccc(F)c(C)c2)C2CC2)c1)C(F)(F)F. The second-order valence-electron chi connectivity index (χ2n) is 9.34. The van der Waals surface area contributed by atoms with Crippen molar-refractivity contribution in [2.24, 2.45) is 13.0 Å². The summed E-state index contributed by atoms with van der Waals surface area (Å²) in [7, 11) is 1.70. The highest BCUT2D eigenvalue weighted by atomic mass is 19.4. The fourth-order valence-corrected chi connectivity index (χ4v) is 4.40. The van der Waals surface area contributed by atoms with E-state index in [1.165, 1.54) is 18.2 Å². The summed E-state index contributed by atoms with van der Waals surface area (Å²) in [6.07, 6.45) is 0.747. The number of Topliss-reactive ketones (excluding diaryl/α,β-unsaturated/α-hetero) is 1. The Balaban J connectivity index is 1.69. The minimum atomic E-state index is -4.64. The van der Waals surface area contributed by atoms with Gasteiger partial charge in [-0.25, -0.2) is 4.39 Å². The lowest BCUT2D eigenvalue weighted by Gasteiger charge is -2.18. The van der Waals surface area contributed by atoms with Crippen molar-refractivity contribution >= 4 is 11.4 Å². The van der Waals surface area contributed by atoms with Gasteiger partial charge in [-0.1, -0.05) is 18.7 Å². The molecule has 1 fully saturated rings. The van der Waals surface area contributed by atoms with Crippen molar-refractivity contribution in [2.75, 3.05) is 0 Å². The summed E-state index contributed by atoms with van der Waals surface area (Å²) in [6, 6.07) is 9.04. The summed E-state index contributed by atoms with van der Waals surface area (Å²) in [6.45, 7) is 5.02. The van der Waals surface area contributed by atoms with E-state index in [1.54, 1.807) is 53.7 Å². The third-order valence-corrected chi connectivity index (χ3v) is 6.64. The molecule has 1 heterocycles. The van der Waals surface area contributed by atoms with Gasteiger partial charge in [0.05, 0.1) is 12.1 Å². The molecule has 0 unspecified atom stereocenters. The summed E-state index contributed by atoms with van der Waals surface area (Å²) in [5.41, 5.74) is 1.01. The van der Waals surface area contributed by atoms with Gasteiger partial charge in [0.2, 0.25) is 5.62 Å². The maximum Gasteiger partial charge on any atom is 0.416 e. The number of aromatic nitrogens is 2. The molecule has 3 aromatic rings. The standard InChI is InChI=1S/C27H27F4N3O/c1-16-10-20(6-7-24(16)28)23(19-4-5-19)14-25(35)22-12-18(15-34-9-8-33(3)26(34)32)11-21(13-22)17(2)27(29,30)31/h6-13,19,23,32H,2,4-5,14-15H2,1,3H3/t23-/m0/s1. The monoisotopic (exact) mass is 485 g/mol. The van der Waals surface area contributed by atoms with Gasteiger partial charge in [0.15, 0.2) is 5.78 Å². The van der Waals surface area contributed by atoms with Gasteiger partial charge in [-0.05, 0) is 78.1 Å². The van der Waals surface area contributed by atoms with Gasteiger partial charge in [0.1, 0.15) is 5.82 Å². The van der Waals surface area contributed by atoms with Crippen molar-refractivity contribution in [1.29, 1.82) is 5.41 Å². The highest BCUT2D eigenvalue weighted by Crippen LogP contribution is 2.45. The van der Waals surface area contributed by atoms with Crippen molar-refractivity contribution in [3.63, 3.8) is 0 Å². The maximum atomic E-state index is 13.8. The number of allylic oxidation sites excluding steroid dienone is 1. The summed E-state index contributed by atoms with van der Waals surface area (Å²) in [5.74, 6) is -0.415. The lowest BCUT2D eigenvalue weighted by molar-refractivity contribution is -0.0686. The molecule has 1 atom stereocenters. The van der Waals surface area contributed by atoms with Crippen LogP contribution in [0, 0.1) is 24.1 Å². The Hall–Kier alpha value is -3.42. The first-order valence-corrected chi connectivity index (χ1v) is 11.4. The molecule has 8 heteroatoms. The Bertz CT molecular complexity index is 1350. The van der Waals surface area contributed by atoms with Gasteiger partial charge in [0, 0.05) is 31.4 Å². The molecule has 0 aliphatic heterocycles. The number of benzene rings is 2. The van der Waals surface area contributed by atoms with Crippen LogP contribution in [0.25, 0.3) is 5.57 Å². The van der Waals surface area contributed by atoms with E-state index in [4.69, 9.17) is 5.41 Å². The molecule has 0 radical (unpaired) electrons. The number of rotatable bonds is 8. The van der Waals surface area contributed by atoms with E-state index in [1.807, 2.05) is 0 Å². The molecule has 1 aliphatic rings. The topological polar surface area (TPSA) is 50.8 Å². The predicted octanol–water partition coefficient (Wildman–Crippen LogP) is 6.14. The summed E-state index contributed by atoms with van der Waals surface area (Å²) < 4.78 is 57.3. The van der Waals surface area contributed by atoms with Crippen LogP contribution in [0.4, 0.5) is 17.6 Å². The summed E-state index contributed by atoms with van der Waals surface area (Å²) in [5, 5.41) is 8.11. The van der Waals surface area contributed by atoms with Crippen molar-refractivity contribution in [1.82, 2.24) is 9.13 Å². The minimum Gasteiger partial charge on any atom is -0.321 e. The number of alkyl halides is 3. The van der Waals surface area contributed by atoms with Crippen molar-refractivity contribution in [3.8, 4) is 0 Å². The third-order valence-electron chi connectivity index (χ3n) is 6.64. The van der Waals surface area contributed by atoms with Gasteiger partial charge < -0.3 is 9.13 Å². The summed E-state index contributed by atoms with van der Waals surface area (Å²) >= 11 is 0. The molecule has 1 aromatic heterocycles. The lowest BCUT2D eigenvalue weighted by atomic mass is 9.86. The van der Waals surface area contributed by atoms with Crippen LogP contribution in [0.5, 0.6) is 0 Å². The van der Waals surface area contributed by atoms with E-state index < -0.39 is 11.7 Å². The highest BCUT2D eigenvalue weighted by Gasteiger charge is 2.35. The molecule has 4 nitrogen and oxygen atoms in total. The van der Waals surface area contributed by atoms with Crippen molar-refractivity contribution < 1.29 is 22.4 Å². The fourth-order valence-electron chi connectivity index (χ4n) is 4.40. The van der Waals surface area contributed by atoms with Crippen LogP contribution in [0.15, 0.2) is 55.4 Å². The van der Waals surface area contributed by atoms with E-state index in [0.717, 1.165) is 18.4 Å². The number of carbonyl (C=O) groups excluding carboxylic acids is 1. The van der Waals surface area contributed by atoms with Gasteiger partial charge in [-0.2, -0.15) is 13.2 Å². The van der Waals surface area contributed by atoms with Gasteiger partial charge in [0.25, 0.3) is 0 Å². The zero-order valence-corrected chi connectivity index (χ0v) is 19.6. The first kappa shape index (κ1) is 24.7. The van der Waals surface area contributed by atoms with E-state index in [2.05, 4.69) is 6.58 Å². The summed E-state index contributed by atoms with van der Waals surface area (Å²) in [4.78, 5) is 13.4.